The van der Waals surface area contributed by atoms with Crippen LogP contribution in [-0.2, 0) is 0 Å². The molecule has 2 rings (SSSR count). The summed E-state index contributed by atoms with van der Waals surface area (Å²) >= 11 is 17.8. The Kier molecular flexibility index (Phi) is 5.35. The molecule has 2 nitrogen and oxygen atoms in total. The Morgan fingerprint density at radius 1 is 1.05 bits per heavy atom. The molecule has 20 heavy (non-hydrogen) atoms. The second-order valence-electron chi connectivity index (χ2n) is 3.95. The molecule has 0 saturated carbocycles. The van der Waals surface area contributed by atoms with Gasteiger partial charge in [-0.15, -0.1) is 0 Å². The van der Waals surface area contributed by atoms with Gasteiger partial charge in [0.15, 0.2) is 5.75 Å². The maximum atomic E-state index is 13.4. The van der Waals surface area contributed by atoms with Crippen molar-refractivity contribution in [1.29, 1.82) is 0 Å². The predicted octanol–water partition coefficient (Wildman–Crippen LogP) is 5.28. The van der Waals surface area contributed by atoms with Crippen molar-refractivity contribution in [2.75, 3.05) is 18.5 Å². The van der Waals surface area contributed by atoms with E-state index >= 15 is 0 Å². The average Bonchev–Trinajstić information content (AvgIpc) is 2.38. The first kappa shape index (κ1) is 15.2. The Labute approximate surface area is 131 Å². The molecule has 0 fully saturated rings. The lowest BCUT2D eigenvalue weighted by molar-refractivity contribution is 0.333. The van der Waals surface area contributed by atoms with E-state index in [4.69, 9.17) is 39.5 Å². The van der Waals surface area contributed by atoms with Crippen LogP contribution in [0.25, 0.3) is 0 Å². The van der Waals surface area contributed by atoms with Crippen LogP contribution in [0.15, 0.2) is 36.4 Å². The zero-order chi connectivity index (χ0) is 14.5. The summed E-state index contributed by atoms with van der Waals surface area (Å²) in [4.78, 5) is 0. The van der Waals surface area contributed by atoms with E-state index in [0.717, 1.165) is 0 Å². The fourth-order valence-corrected chi connectivity index (χ4v) is 2.54. The minimum Gasteiger partial charge on any atom is -0.489 e. The molecule has 1 N–H and O–H groups in total. The highest BCUT2D eigenvalue weighted by Gasteiger charge is 2.09. The van der Waals surface area contributed by atoms with Crippen LogP contribution < -0.4 is 10.1 Å². The molecule has 0 saturated heterocycles. The normalized spacial score (nSPS) is 10.4. The molecule has 0 spiro atoms. The van der Waals surface area contributed by atoms with E-state index < -0.39 is 0 Å². The Balaban J connectivity index is 1.90. The summed E-state index contributed by atoms with van der Waals surface area (Å²) in [6.45, 7) is 0.700. The third kappa shape index (κ3) is 3.92. The van der Waals surface area contributed by atoms with Crippen molar-refractivity contribution < 1.29 is 9.13 Å². The van der Waals surface area contributed by atoms with Crippen LogP contribution in [0.4, 0.5) is 10.1 Å². The number of ether oxygens (including phenoxy) is 1. The molecule has 2 aromatic carbocycles. The lowest BCUT2D eigenvalue weighted by Gasteiger charge is -2.11. The van der Waals surface area contributed by atoms with Crippen LogP contribution in [0.5, 0.6) is 5.75 Å². The maximum Gasteiger partial charge on any atom is 0.156 e. The number of nitrogens with one attached hydrogen (secondary N) is 1. The largest absolute Gasteiger partial charge is 0.489 e. The van der Waals surface area contributed by atoms with Crippen molar-refractivity contribution in [2.24, 2.45) is 0 Å². The molecule has 0 aromatic heterocycles. The molecule has 0 aliphatic heterocycles. The van der Waals surface area contributed by atoms with Gasteiger partial charge >= 0.3 is 0 Å². The highest BCUT2D eigenvalue weighted by Crippen LogP contribution is 2.35. The Morgan fingerprint density at radius 2 is 1.70 bits per heavy atom. The van der Waals surface area contributed by atoms with Gasteiger partial charge in [0.25, 0.3) is 0 Å². The van der Waals surface area contributed by atoms with Gasteiger partial charge in [-0.05, 0) is 24.3 Å². The Hall–Kier alpha value is -1.16. The topological polar surface area (TPSA) is 21.3 Å². The molecule has 0 radical (unpaired) electrons. The van der Waals surface area contributed by atoms with E-state index in [0.29, 0.717) is 33.0 Å². The van der Waals surface area contributed by atoms with E-state index in [1.807, 2.05) is 0 Å². The molecule has 106 valence electrons. The van der Waals surface area contributed by atoms with E-state index in [-0.39, 0.29) is 12.4 Å². The fourth-order valence-electron chi connectivity index (χ4n) is 1.61. The molecule has 0 amide bonds. The first-order valence-electron chi connectivity index (χ1n) is 5.83. The lowest BCUT2D eigenvalue weighted by atomic mass is 10.3. The molecule has 6 heteroatoms. The highest BCUT2D eigenvalue weighted by atomic mass is 35.5. The van der Waals surface area contributed by atoms with Gasteiger partial charge < -0.3 is 10.1 Å². The van der Waals surface area contributed by atoms with Crippen molar-refractivity contribution in [3.05, 3.63) is 57.3 Å². The van der Waals surface area contributed by atoms with Crippen LogP contribution in [0.3, 0.4) is 0 Å². The van der Waals surface area contributed by atoms with Crippen molar-refractivity contribution in [3.8, 4) is 5.75 Å². The van der Waals surface area contributed by atoms with Crippen molar-refractivity contribution >= 4 is 40.5 Å². The molecule has 0 bridgehead atoms. The monoisotopic (exact) mass is 333 g/mol. The van der Waals surface area contributed by atoms with Crippen molar-refractivity contribution in [2.45, 2.75) is 0 Å². The summed E-state index contributed by atoms with van der Waals surface area (Å²) in [5, 5.41) is 4.04. The van der Waals surface area contributed by atoms with E-state index in [1.165, 1.54) is 6.07 Å². The zero-order valence-electron chi connectivity index (χ0n) is 10.3. The zero-order valence-corrected chi connectivity index (χ0v) is 12.6. The quantitative estimate of drug-likeness (QED) is 0.751. The van der Waals surface area contributed by atoms with Crippen LogP contribution in [0.1, 0.15) is 0 Å². The summed E-state index contributed by atoms with van der Waals surface area (Å²) in [6, 6.07) is 9.51. The fraction of sp³-hybridized carbons (Fsp3) is 0.143. The molecular weight excluding hydrogens is 324 g/mol. The first-order valence-corrected chi connectivity index (χ1v) is 6.97. The number of benzene rings is 2. The number of anilines is 1. The Morgan fingerprint density at radius 3 is 2.35 bits per heavy atom. The van der Waals surface area contributed by atoms with Gasteiger partial charge in [-0.3, -0.25) is 0 Å². The molecule has 0 heterocycles. The summed E-state index contributed by atoms with van der Waals surface area (Å²) in [5.74, 6) is 0.0584. The van der Waals surface area contributed by atoms with Crippen LogP contribution in [0.2, 0.25) is 15.1 Å². The number of halogens is 4. The van der Waals surface area contributed by atoms with Gasteiger partial charge in [0.05, 0.1) is 15.7 Å². The molecule has 0 unspecified atom stereocenters. The number of hydrogen-bond donors (Lipinski definition) is 1. The van der Waals surface area contributed by atoms with Crippen LogP contribution >= 0.6 is 34.8 Å². The minimum atomic E-state index is -0.310. The molecule has 0 aliphatic rings. The van der Waals surface area contributed by atoms with Gasteiger partial charge in [-0.2, -0.15) is 0 Å². The second kappa shape index (κ2) is 7.02. The number of para-hydroxylation sites is 1. The van der Waals surface area contributed by atoms with Crippen LogP contribution in [0, 0.1) is 5.82 Å². The summed E-state index contributed by atoms with van der Waals surface area (Å²) in [5.41, 5.74) is 0.421. The van der Waals surface area contributed by atoms with E-state index in [9.17, 15) is 4.39 Å². The Bertz CT molecular complexity index is 584. The summed E-state index contributed by atoms with van der Waals surface area (Å²) in [7, 11) is 0. The SMILES string of the molecule is Fc1ccccc1NCCOc1c(Cl)cc(Cl)cc1Cl. The van der Waals surface area contributed by atoms with E-state index in [2.05, 4.69) is 5.32 Å². The third-order valence-corrected chi connectivity index (χ3v) is 3.28. The predicted molar refractivity (Wildman–Crippen MR) is 81.9 cm³/mol. The third-order valence-electron chi connectivity index (χ3n) is 2.50. The summed E-state index contributed by atoms with van der Waals surface area (Å²) < 4.78 is 18.8. The minimum absolute atomic E-state index is 0.287. The van der Waals surface area contributed by atoms with Crippen molar-refractivity contribution in [1.82, 2.24) is 0 Å². The molecule has 0 atom stereocenters. The average molecular weight is 335 g/mol. The molecule has 0 aliphatic carbocycles. The first-order chi connectivity index (χ1) is 9.58. The number of rotatable bonds is 5. The second-order valence-corrected chi connectivity index (χ2v) is 5.20. The smallest absolute Gasteiger partial charge is 0.156 e. The van der Waals surface area contributed by atoms with Crippen molar-refractivity contribution in [3.63, 3.8) is 0 Å². The maximum absolute atomic E-state index is 13.4. The van der Waals surface area contributed by atoms with E-state index in [1.54, 1.807) is 30.3 Å². The number of hydrogen-bond acceptors (Lipinski definition) is 2. The molecule has 2 aromatic rings. The van der Waals surface area contributed by atoms with Gasteiger partial charge in [0, 0.05) is 11.6 Å². The van der Waals surface area contributed by atoms with Gasteiger partial charge in [-0.25, -0.2) is 4.39 Å². The molecular formula is C14H11Cl3FNO. The van der Waals surface area contributed by atoms with Crippen LogP contribution in [-0.4, -0.2) is 13.2 Å². The highest BCUT2D eigenvalue weighted by molar-refractivity contribution is 6.40. The lowest BCUT2D eigenvalue weighted by Crippen LogP contribution is -2.12. The standard InChI is InChI=1S/C14H11Cl3FNO/c15-9-7-10(16)14(11(17)8-9)20-6-5-19-13-4-2-1-3-12(13)18/h1-4,7-8,19H,5-6H2. The van der Waals surface area contributed by atoms with Gasteiger partial charge in [0.1, 0.15) is 12.4 Å². The van der Waals surface area contributed by atoms with Gasteiger partial charge in [-0.1, -0.05) is 46.9 Å². The summed E-state index contributed by atoms with van der Waals surface area (Å²) in [6.07, 6.45) is 0. The van der Waals surface area contributed by atoms with Gasteiger partial charge in [0.2, 0.25) is 0 Å².